The number of carbonyl (C=O) groups is 1. The number of carboxylic acid groups (broad SMARTS) is 1. The monoisotopic (exact) mass is 528 g/mol. The molecule has 0 saturated carbocycles. The second-order valence-corrected chi connectivity index (χ2v) is 11.9. The molecular weight excluding hydrogens is 492 g/mol. The number of hydrogen-bond acceptors (Lipinski definition) is 7. The van der Waals surface area contributed by atoms with Crippen LogP contribution in [0.2, 0.25) is 0 Å². The third-order valence-electron chi connectivity index (χ3n) is 7.21. The molecule has 3 atom stereocenters. The standard InChI is InChI=1S/C28H36N2O4S2/c1-34-22-7-8-25-24(18-22)23(11-13-29-25)26(31)9-5-20-12-15-30(19-21(20)6-10-27(32)33)14-3-17-36-28-4-2-16-35-28/h2,4,7-8,11,13,16,18,20-21,26,31H,3,5-6,9-10,12,14-15,17,19H2,1H3,(H,32,33)/t20?,21?,26-/m0/s1. The molecule has 1 aliphatic rings. The van der Waals surface area contributed by atoms with Crippen molar-refractivity contribution in [2.75, 3.05) is 32.5 Å². The quantitative estimate of drug-likeness (QED) is 0.205. The van der Waals surface area contributed by atoms with Crippen molar-refractivity contribution < 1.29 is 19.7 Å². The molecule has 1 saturated heterocycles. The minimum absolute atomic E-state index is 0.209. The van der Waals surface area contributed by atoms with Crippen LogP contribution in [0.4, 0.5) is 0 Å². The molecule has 3 aromatic rings. The Balaban J connectivity index is 1.33. The number of thiophene rings is 1. The Hall–Kier alpha value is -2.13. The number of aliphatic hydroxyl groups is 1. The molecular formula is C28H36N2O4S2. The molecule has 1 aromatic carbocycles. The zero-order valence-electron chi connectivity index (χ0n) is 20.8. The van der Waals surface area contributed by atoms with Gasteiger partial charge in [0.2, 0.25) is 0 Å². The molecule has 0 spiro atoms. The Morgan fingerprint density at radius 1 is 1.28 bits per heavy atom. The highest BCUT2D eigenvalue weighted by molar-refractivity contribution is 8.01. The van der Waals surface area contributed by atoms with Crippen molar-refractivity contribution >= 4 is 40.0 Å². The highest BCUT2D eigenvalue weighted by Crippen LogP contribution is 2.35. The summed E-state index contributed by atoms with van der Waals surface area (Å²) < 4.78 is 6.74. The third kappa shape index (κ3) is 7.44. The highest BCUT2D eigenvalue weighted by Gasteiger charge is 2.30. The average molecular weight is 529 g/mol. The Morgan fingerprint density at radius 3 is 2.94 bits per heavy atom. The van der Waals surface area contributed by atoms with E-state index in [4.69, 9.17) is 4.74 Å². The molecule has 0 radical (unpaired) electrons. The van der Waals surface area contributed by atoms with Gasteiger partial charge in [-0.3, -0.25) is 9.78 Å². The summed E-state index contributed by atoms with van der Waals surface area (Å²) in [5, 5.41) is 23.4. The number of aromatic nitrogens is 1. The summed E-state index contributed by atoms with van der Waals surface area (Å²) >= 11 is 3.71. The van der Waals surface area contributed by atoms with E-state index in [-0.39, 0.29) is 6.42 Å². The molecule has 2 aromatic heterocycles. The van der Waals surface area contributed by atoms with E-state index in [1.807, 2.05) is 36.0 Å². The summed E-state index contributed by atoms with van der Waals surface area (Å²) in [5.74, 6) is 1.91. The Kier molecular flexibility index (Phi) is 10.0. The smallest absolute Gasteiger partial charge is 0.303 e. The second-order valence-electron chi connectivity index (χ2n) is 9.55. The lowest BCUT2D eigenvalue weighted by molar-refractivity contribution is -0.137. The number of carboxylic acids is 1. The first-order chi connectivity index (χ1) is 17.5. The molecule has 4 rings (SSSR count). The van der Waals surface area contributed by atoms with Crippen LogP contribution in [0.5, 0.6) is 5.75 Å². The molecule has 2 unspecified atom stereocenters. The van der Waals surface area contributed by atoms with Crippen LogP contribution in [0, 0.1) is 11.8 Å². The normalized spacial score (nSPS) is 19.4. The van der Waals surface area contributed by atoms with Crippen LogP contribution in [0.15, 0.2) is 52.2 Å². The predicted octanol–water partition coefficient (Wildman–Crippen LogP) is 6.10. The number of fused-ring (bicyclic) bond motifs is 1. The molecule has 1 fully saturated rings. The number of likely N-dealkylation sites (tertiary alicyclic amines) is 1. The summed E-state index contributed by atoms with van der Waals surface area (Å²) in [5.41, 5.74) is 1.72. The first kappa shape index (κ1) is 26.9. The number of benzene rings is 1. The molecule has 0 bridgehead atoms. The number of thioether (sulfide) groups is 1. The van der Waals surface area contributed by atoms with Gasteiger partial charge in [-0.1, -0.05) is 6.07 Å². The van der Waals surface area contributed by atoms with Gasteiger partial charge in [-0.15, -0.1) is 23.1 Å². The highest BCUT2D eigenvalue weighted by atomic mass is 32.2. The number of ether oxygens (including phenoxy) is 1. The van der Waals surface area contributed by atoms with E-state index in [2.05, 4.69) is 27.4 Å². The summed E-state index contributed by atoms with van der Waals surface area (Å²) in [6, 6.07) is 11.9. The number of pyridine rings is 1. The molecule has 36 heavy (non-hydrogen) atoms. The summed E-state index contributed by atoms with van der Waals surface area (Å²) in [6.07, 6.45) is 5.81. The van der Waals surface area contributed by atoms with Gasteiger partial charge in [0.25, 0.3) is 0 Å². The summed E-state index contributed by atoms with van der Waals surface area (Å²) in [4.78, 5) is 18.2. The number of rotatable bonds is 13. The van der Waals surface area contributed by atoms with Gasteiger partial charge in [-0.05, 0) is 98.3 Å². The molecule has 2 N–H and O–H groups in total. The number of aliphatic hydroxyl groups excluding tert-OH is 1. The van der Waals surface area contributed by atoms with Crippen LogP contribution in [0.1, 0.15) is 50.2 Å². The van der Waals surface area contributed by atoms with Gasteiger partial charge >= 0.3 is 5.97 Å². The lowest BCUT2D eigenvalue weighted by Gasteiger charge is -2.39. The van der Waals surface area contributed by atoms with Crippen LogP contribution in [-0.4, -0.2) is 58.6 Å². The lowest BCUT2D eigenvalue weighted by atomic mass is 9.79. The lowest BCUT2D eigenvalue weighted by Crippen LogP contribution is -2.41. The van der Waals surface area contributed by atoms with E-state index in [9.17, 15) is 15.0 Å². The van der Waals surface area contributed by atoms with Gasteiger partial charge in [0.05, 0.1) is 22.9 Å². The van der Waals surface area contributed by atoms with E-state index in [0.29, 0.717) is 24.7 Å². The maximum atomic E-state index is 11.3. The van der Waals surface area contributed by atoms with Gasteiger partial charge in [-0.25, -0.2) is 0 Å². The fraction of sp³-hybridized carbons (Fsp3) is 0.500. The molecule has 6 nitrogen and oxygen atoms in total. The van der Waals surface area contributed by atoms with Gasteiger partial charge in [0.15, 0.2) is 0 Å². The summed E-state index contributed by atoms with van der Waals surface area (Å²) in [7, 11) is 1.64. The van der Waals surface area contributed by atoms with E-state index < -0.39 is 12.1 Å². The molecule has 0 amide bonds. The fourth-order valence-corrected chi connectivity index (χ4v) is 7.06. The van der Waals surface area contributed by atoms with E-state index in [0.717, 1.165) is 66.9 Å². The van der Waals surface area contributed by atoms with E-state index in [1.54, 1.807) is 24.6 Å². The van der Waals surface area contributed by atoms with E-state index >= 15 is 0 Å². The van der Waals surface area contributed by atoms with Gasteiger partial charge in [-0.2, -0.15) is 0 Å². The van der Waals surface area contributed by atoms with Gasteiger partial charge < -0.3 is 19.8 Å². The van der Waals surface area contributed by atoms with Crippen molar-refractivity contribution in [3.63, 3.8) is 0 Å². The first-order valence-electron chi connectivity index (χ1n) is 12.7. The van der Waals surface area contributed by atoms with E-state index in [1.165, 1.54) is 4.21 Å². The van der Waals surface area contributed by atoms with Crippen molar-refractivity contribution in [2.24, 2.45) is 11.8 Å². The molecule has 8 heteroatoms. The van der Waals surface area contributed by atoms with Crippen molar-refractivity contribution in [2.45, 2.75) is 48.8 Å². The average Bonchev–Trinajstić information content (AvgIpc) is 3.42. The summed E-state index contributed by atoms with van der Waals surface area (Å²) in [6.45, 7) is 3.05. The predicted molar refractivity (Wildman–Crippen MR) is 147 cm³/mol. The zero-order valence-corrected chi connectivity index (χ0v) is 22.5. The minimum Gasteiger partial charge on any atom is -0.497 e. The Morgan fingerprint density at radius 2 is 2.17 bits per heavy atom. The van der Waals surface area contributed by atoms with Crippen LogP contribution in [-0.2, 0) is 4.79 Å². The number of aliphatic carboxylic acids is 1. The van der Waals surface area contributed by atoms with Crippen LogP contribution in [0.25, 0.3) is 10.9 Å². The largest absolute Gasteiger partial charge is 0.497 e. The number of methoxy groups -OCH3 is 1. The van der Waals surface area contributed by atoms with Crippen LogP contribution < -0.4 is 4.74 Å². The van der Waals surface area contributed by atoms with Gasteiger partial charge in [0.1, 0.15) is 5.75 Å². The van der Waals surface area contributed by atoms with Crippen LogP contribution >= 0.6 is 23.1 Å². The topological polar surface area (TPSA) is 82.9 Å². The minimum atomic E-state index is -0.726. The number of piperidine rings is 1. The van der Waals surface area contributed by atoms with Crippen molar-refractivity contribution in [3.8, 4) is 5.75 Å². The molecule has 1 aliphatic heterocycles. The Bertz CT molecular complexity index is 1110. The molecule has 194 valence electrons. The maximum absolute atomic E-state index is 11.3. The van der Waals surface area contributed by atoms with Crippen molar-refractivity contribution in [1.82, 2.24) is 9.88 Å². The fourth-order valence-electron chi connectivity index (χ4n) is 5.27. The second kappa shape index (κ2) is 13.4. The molecule has 0 aliphatic carbocycles. The Labute approximate surface area is 221 Å². The van der Waals surface area contributed by atoms with Crippen molar-refractivity contribution in [1.29, 1.82) is 0 Å². The third-order valence-corrected chi connectivity index (χ3v) is 9.43. The maximum Gasteiger partial charge on any atom is 0.303 e. The SMILES string of the molecule is COc1ccc2nccc([C@@H](O)CCC3CCN(CCCSc4cccs4)CC3CCC(=O)O)c2c1. The van der Waals surface area contributed by atoms with Crippen LogP contribution in [0.3, 0.4) is 0 Å². The van der Waals surface area contributed by atoms with Gasteiger partial charge in [0, 0.05) is 30.3 Å². The molecule has 3 heterocycles. The number of nitrogens with zero attached hydrogens (tertiary/aromatic N) is 2. The van der Waals surface area contributed by atoms with Crippen molar-refractivity contribution in [3.05, 3.63) is 53.5 Å². The zero-order chi connectivity index (χ0) is 25.3. The number of hydrogen-bond donors (Lipinski definition) is 2. The first-order valence-corrected chi connectivity index (χ1v) is 14.6.